The zero-order valence-corrected chi connectivity index (χ0v) is 18.6. The Morgan fingerprint density at radius 1 is 1.23 bits per heavy atom. The summed E-state index contributed by atoms with van der Waals surface area (Å²) >= 11 is 6.01. The minimum absolute atomic E-state index is 0. The molecule has 146 valence electrons. The van der Waals surface area contributed by atoms with E-state index in [1.807, 2.05) is 29.2 Å². The van der Waals surface area contributed by atoms with Gasteiger partial charge in [0.05, 0.1) is 6.54 Å². The second-order valence-corrected chi connectivity index (χ2v) is 6.54. The molecule has 1 amide bonds. The van der Waals surface area contributed by atoms with Crippen LogP contribution in [-0.4, -0.2) is 67.5 Å². The second kappa shape index (κ2) is 12.3. The van der Waals surface area contributed by atoms with Crippen LogP contribution in [0.25, 0.3) is 0 Å². The lowest BCUT2D eigenvalue weighted by Gasteiger charge is -2.34. The van der Waals surface area contributed by atoms with Crippen LogP contribution in [0.1, 0.15) is 19.4 Å². The molecule has 26 heavy (non-hydrogen) atoms. The smallest absolute Gasteiger partial charge is 0.219 e. The first-order valence-corrected chi connectivity index (χ1v) is 9.20. The van der Waals surface area contributed by atoms with Crippen molar-refractivity contribution < 1.29 is 4.79 Å². The van der Waals surface area contributed by atoms with Gasteiger partial charge in [-0.25, -0.2) is 4.99 Å². The number of benzene rings is 1. The normalized spacial score (nSPS) is 15.3. The van der Waals surface area contributed by atoms with Gasteiger partial charge in [-0.05, 0) is 24.6 Å². The highest BCUT2D eigenvalue weighted by atomic mass is 127. The van der Waals surface area contributed by atoms with Gasteiger partial charge in [0.2, 0.25) is 5.91 Å². The largest absolute Gasteiger partial charge is 0.357 e. The highest BCUT2D eigenvalue weighted by molar-refractivity contribution is 14.0. The fourth-order valence-corrected chi connectivity index (χ4v) is 2.98. The standard InChI is InChI=1S/C18H28ClN5O.HI/c1-3-20-18(22-14-16-5-4-6-17(19)13-16)21-7-8-23-9-11-24(12-10-23)15(2)25;/h4-6,13H,3,7-12,14H2,1-2H3,(H2,20,21,22);1H. The van der Waals surface area contributed by atoms with Gasteiger partial charge in [-0.2, -0.15) is 0 Å². The van der Waals surface area contributed by atoms with Crippen LogP contribution in [-0.2, 0) is 11.3 Å². The Bertz CT molecular complexity index is 591. The van der Waals surface area contributed by atoms with Crippen LogP contribution in [0, 0.1) is 0 Å². The monoisotopic (exact) mass is 493 g/mol. The Hall–Kier alpha value is -1.06. The second-order valence-electron chi connectivity index (χ2n) is 6.10. The van der Waals surface area contributed by atoms with Gasteiger partial charge in [-0.15, -0.1) is 24.0 Å². The van der Waals surface area contributed by atoms with Crippen molar-refractivity contribution in [2.75, 3.05) is 45.8 Å². The summed E-state index contributed by atoms with van der Waals surface area (Å²) in [5.74, 6) is 0.977. The number of carbonyl (C=O) groups excluding carboxylic acids is 1. The van der Waals surface area contributed by atoms with Gasteiger partial charge in [-0.1, -0.05) is 23.7 Å². The van der Waals surface area contributed by atoms with Crippen molar-refractivity contribution in [3.63, 3.8) is 0 Å². The van der Waals surface area contributed by atoms with Crippen LogP contribution in [0.4, 0.5) is 0 Å². The quantitative estimate of drug-likeness (QED) is 0.362. The molecule has 1 fully saturated rings. The number of hydrogen-bond donors (Lipinski definition) is 2. The first-order valence-electron chi connectivity index (χ1n) is 8.83. The van der Waals surface area contributed by atoms with Crippen LogP contribution in [0.2, 0.25) is 5.02 Å². The molecule has 0 bridgehead atoms. The van der Waals surface area contributed by atoms with E-state index >= 15 is 0 Å². The highest BCUT2D eigenvalue weighted by Crippen LogP contribution is 2.11. The number of halogens is 2. The molecule has 0 unspecified atom stereocenters. The van der Waals surface area contributed by atoms with Crippen LogP contribution in [0.15, 0.2) is 29.3 Å². The van der Waals surface area contributed by atoms with Gasteiger partial charge in [0.25, 0.3) is 0 Å². The van der Waals surface area contributed by atoms with Crippen molar-refractivity contribution in [1.82, 2.24) is 20.4 Å². The molecule has 1 aliphatic heterocycles. The predicted octanol–water partition coefficient (Wildman–Crippen LogP) is 2.18. The summed E-state index contributed by atoms with van der Waals surface area (Å²) in [6.07, 6.45) is 0. The molecule has 1 aliphatic rings. The summed E-state index contributed by atoms with van der Waals surface area (Å²) in [5, 5.41) is 7.36. The minimum Gasteiger partial charge on any atom is -0.357 e. The fraction of sp³-hybridized carbons (Fsp3) is 0.556. The van der Waals surface area contributed by atoms with E-state index < -0.39 is 0 Å². The third kappa shape index (κ3) is 8.09. The number of carbonyl (C=O) groups is 1. The third-order valence-corrected chi connectivity index (χ3v) is 4.43. The Kier molecular flexibility index (Phi) is 10.9. The lowest BCUT2D eigenvalue weighted by Crippen LogP contribution is -2.50. The van der Waals surface area contributed by atoms with Crippen molar-refractivity contribution in [1.29, 1.82) is 0 Å². The summed E-state index contributed by atoms with van der Waals surface area (Å²) < 4.78 is 0. The van der Waals surface area contributed by atoms with Crippen molar-refractivity contribution in [2.24, 2.45) is 4.99 Å². The van der Waals surface area contributed by atoms with E-state index in [9.17, 15) is 4.79 Å². The number of piperazine rings is 1. The van der Waals surface area contributed by atoms with E-state index in [1.165, 1.54) is 0 Å². The molecule has 0 radical (unpaired) electrons. The zero-order chi connectivity index (χ0) is 18.1. The summed E-state index contributed by atoms with van der Waals surface area (Å²) in [4.78, 5) is 20.2. The molecule has 0 saturated carbocycles. The molecule has 8 heteroatoms. The fourth-order valence-electron chi connectivity index (χ4n) is 2.77. The summed E-state index contributed by atoms with van der Waals surface area (Å²) in [6, 6.07) is 7.76. The predicted molar refractivity (Wildman–Crippen MR) is 118 cm³/mol. The first kappa shape index (κ1) is 23.0. The number of nitrogens with one attached hydrogen (secondary N) is 2. The highest BCUT2D eigenvalue weighted by Gasteiger charge is 2.17. The maximum atomic E-state index is 11.4. The van der Waals surface area contributed by atoms with Gasteiger partial charge >= 0.3 is 0 Å². The van der Waals surface area contributed by atoms with Crippen molar-refractivity contribution in [2.45, 2.75) is 20.4 Å². The van der Waals surface area contributed by atoms with Crippen molar-refractivity contribution >= 4 is 47.4 Å². The van der Waals surface area contributed by atoms with Gasteiger partial charge in [0, 0.05) is 57.8 Å². The molecule has 0 aliphatic carbocycles. The number of amides is 1. The zero-order valence-electron chi connectivity index (χ0n) is 15.5. The van der Waals surface area contributed by atoms with Gasteiger partial charge in [-0.3, -0.25) is 9.69 Å². The minimum atomic E-state index is 0. The van der Waals surface area contributed by atoms with Gasteiger partial charge in [0.15, 0.2) is 5.96 Å². The number of hydrogen-bond acceptors (Lipinski definition) is 3. The van der Waals surface area contributed by atoms with Crippen LogP contribution >= 0.6 is 35.6 Å². The van der Waals surface area contributed by atoms with Crippen molar-refractivity contribution in [3.05, 3.63) is 34.9 Å². The Balaban J connectivity index is 0.00000338. The maximum Gasteiger partial charge on any atom is 0.219 e. The van der Waals surface area contributed by atoms with E-state index in [2.05, 4.69) is 27.4 Å². The average Bonchev–Trinajstić information content (AvgIpc) is 2.60. The van der Waals surface area contributed by atoms with E-state index in [0.29, 0.717) is 6.54 Å². The van der Waals surface area contributed by atoms with Gasteiger partial charge < -0.3 is 15.5 Å². The van der Waals surface area contributed by atoms with Crippen LogP contribution in [0.3, 0.4) is 0 Å². The third-order valence-electron chi connectivity index (χ3n) is 4.19. The molecule has 1 heterocycles. The first-order chi connectivity index (χ1) is 12.1. The number of nitrogens with zero attached hydrogens (tertiary/aromatic N) is 3. The Morgan fingerprint density at radius 3 is 2.58 bits per heavy atom. The summed E-state index contributed by atoms with van der Waals surface area (Å²) in [6.45, 7) is 10.3. The molecule has 1 aromatic carbocycles. The molecule has 0 spiro atoms. The topological polar surface area (TPSA) is 60.0 Å². The molecule has 2 N–H and O–H groups in total. The summed E-state index contributed by atoms with van der Waals surface area (Å²) in [7, 11) is 0. The van der Waals surface area contributed by atoms with E-state index in [4.69, 9.17) is 11.6 Å². The molecule has 0 atom stereocenters. The number of guanidine groups is 1. The van der Waals surface area contributed by atoms with E-state index in [1.54, 1.807) is 6.92 Å². The molecule has 1 saturated heterocycles. The van der Waals surface area contributed by atoms with Gasteiger partial charge in [0.1, 0.15) is 0 Å². The average molecular weight is 494 g/mol. The molecular formula is C18H29ClIN5O. The van der Waals surface area contributed by atoms with Crippen LogP contribution in [0.5, 0.6) is 0 Å². The number of aliphatic imine (C=N–C) groups is 1. The van der Waals surface area contributed by atoms with Crippen molar-refractivity contribution in [3.8, 4) is 0 Å². The molecule has 0 aromatic heterocycles. The van der Waals surface area contributed by atoms with E-state index in [-0.39, 0.29) is 29.9 Å². The maximum absolute atomic E-state index is 11.4. The Labute approximate surface area is 178 Å². The molecular weight excluding hydrogens is 465 g/mol. The lowest BCUT2D eigenvalue weighted by atomic mass is 10.2. The van der Waals surface area contributed by atoms with E-state index in [0.717, 1.165) is 62.4 Å². The SMILES string of the molecule is CCNC(=NCc1cccc(Cl)c1)NCCN1CCN(C(C)=O)CC1.I. The molecule has 2 rings (SSSR count). The molecule has 1 aromatic rings. The van der Waals surface area contributed by atoms with Crippen LogP contribution < -0.4 is 10.6 Å². The lowest BCUT2D eigenvalue weighted by molar-refractivity contribution is -0.130. The number of rotatable bonds is 6. The molecule has 6 nitrogen and oxygen atoms in total. The summed E-state index contributed by atoms with van der Waals surface area (Å²) in [5.41, 5.74) is 1.09. The Morgan fingerprint density at radius 2 is 1.96 bits per heavy atom.